The molecule has 0 aliphatic rings. The number of carbonyl (C=O) groups is 2. The second-order valence-corrected chi connectivity index (χ2v) is 4.86. The number of Topliss-reactive ketones (excluding diaryl/α,β-unsaturated/α-hetero) is 1. The molecule has 0 radical (unpaired) electrons. The summed E-state index contributed by atoms with van der Waals surface area (Å²) in [6, 6.07) is 11.2. The van der Waals surface area contributed by atoms with Gasteiger partial charge in [-0.05, 0) is 13.0 Å². The molecule has 0 unspecified atom stereocenters. The molecule has 2 rings (SSSR count). The number of benzene rings is 2. The van der Waals surface area contributed by atoms with Crippen molar-refractivity contribution < 1.29 is 14.5 Å². The monoisotopic (exact) mass is 297 g/mol. The maximum Gasteiger partial charge on any atom is 0.273 e. The highest BCUT2D eigenvalue weighted by molar-refractivity contribution is 6.16. The first kappa shape index (κ1) is 15.6. The Kier molecular flexibility index (Phi) is 4.46. The van der Waals surface area contributed by atoms with Gasteiger partial charge < -0.3 is 0 Å². The van der Waals surface area contributed by atoms with Crippen molar-refractivity contribution in [2.75, 3.05) is 0 Å². The molecular formula is C17H15NO4. The number of nitro groups is 1. The molecule has 22 heavy (non-hydrogen) atoms. The standard InChI is InChI=1S/C17H15NO4/c1-3-15(19)16-11(2)14(18(21)22)10-9-13(16)17(20)12-7-5-4-6-8-12/h4-10H,3H2,1-2H3. The molecular weight excluding hydrogens is 282 g/mol. The van der Waals surface area contributed by atoms with Crippen LogP contribution in [0.25, 0.3) is 0 Å². The van der Waals surface area contributed by atoms with Crippen molar-refractivity contribution in [2.24, 2.45) is 0 Å². The summed E-state index contributed by atoms with van der Waals surface area (Å²) in [6.07, 6.45) is 0.178. The van der Waals surface area contributed by atoms with Gasteiger partial charge in [0.15, 0.2) is 11.6 Å². The zero-order chi connectivity index (χ0) is 16.3. The van der Waals surface area contributed by atoms with Crippen molar-refractivity contribution in [3.63, 3.8) is 0 Å². The minimum atomic E-state index is -0.543. The first-order valence-electron chi connectivity index (χ1n) is 6.88. The van der Waals surface area contributed by atoms with E-state index in [0.29, 0.717) is 5.56 Å². The molecule has 0 N–H and O–H groups in total. The molecule has 5 nitrogen and oxygen atoms in total. The molecule has 0 saturated heterocycles. The van der Waals surface area contributed by atoms with E-state index in [9.17, 15) is 19.7 Å². The number of carbonyl (C=O) groups excluding carboxylic acids is 2. The van der Waals surface area contributed by atoms with Gasteiger partial charge in [0.1, 0.15) is 0 Å². The van der Waals surface area contributed by atoms with E-state index >= 15 is 0 Å². The summed E-state index contributed by atoms with van der Waals surface area (Å²) in [5, 5.41) is 11.0. The lowest BCUT2D eigenvalue weighted by Crippen LogP contribution is -2.13. The van der Waals surface area contributed by atoms with Crippen molar-refractivity contribution in [3.05, 3.63) is 74.8 Å². The Hall–Kier alpha value is -2.82. The van der Waals surface area contributed by atoms with Crippen LogP contribution in [-0.4, -0.2) is 16.5 Å². The van der Waals surface area contributed by atoms with Crippen molar-refractivity contribution in [2.45, 2.75) is 20.3 Å². The Bertz CT molecular complexity index is 751. The van der Waals surface area contributed by atoms with Crippen molar-refractivity contribution in [1.82, 2.24) is 0 Å². The summed E-state index contributed by atoms with van der Waals surface area (Å²) in [5.41, 5.74) is 0.882. The number of rotatable bonds is 5. The molecule has 0 aliphatic heterocycles. The highest BCUT2D eigenvalue weighted by Gasteiger charge is 2.25. The fraction of sp³-hybridized carbons (Fsp3) is 0.176. The first-order chi connectivity index (χ1) is 10.5. The summed E-state index contributed by atoms with van der Waals surface area (Å²) >= 11 is 0. The van der Waals surface area contributed by atoms with Crippen molar-refractivity contribution in [3.8, 4) is 0 Å². The molecule has 0 aliphatic carbocycles. The molecule has 112 valence electrons. The third kappa shape index (κ3) is 2.79. The van der Waals surface area contributed by atoms with Crippen LogP contribution in [0, 0.1) is 17.0 Å². The van der Waals surface area contributed by atoms with Crippen LogP contribution >= 0.6 is 0 Å². The molecule has 0 atom stereocenters. The van der Waals surface area contributed by atoms with E-state index in [1.807, 2.05) is 0 Å². The van der Waals surface area contributed by atoms with Gasteiger partial charge in [-0.2, -0.15) is 0 Å². The Morgan fingerprint density at radius 1 is 1.09 bits per heavy atom. The summed E-state index contributed by atoms with van der Waals surface area (Å²) in [4.78, 5) is 35.3. The van der Waals surface area contributed by atoms with Gasteiger partial charge in [-0.15, -0.1) is 0 Å². The molecule has 5 heteroatoms. The molecule has 2 aromatic rings. The maximum atomic E-state index is 12.6. The second-order valence-electron chi connectivity index (χ2n) is 4.86. The molecule has 0 aromatic heterocycles. The third-order valence-corrected chi connectivity index (χ3v) is 3.51. The van der Waals surface area contributed by atoms with Gasteiger partial charge in [0.2, 0.25) is 0 Å². The maximum absolute atomic E-state index is 12.6. The Balaban J connectivity index is 2.66. The number of hydrogen-bond acceptors (Lipinski definition) is 4. The van der Waals surface area contributed by atoms with Gasteiger partial charge in [-0.25, -0.2) is 0 Å². The van der Waals surface area contributed by atoms with E-state index in [0.717, 1.165) is 0 Å². The average molecular weight is 297 g/mol. The third-order valence-electron chi connectivity index (χ3n) is 3.51. The van der Waals surface area contributed by atoms with Crippen LogP contribution in [-0.2, 0) is 0 Å². The summed E-state index contributed by atoms with van der Waals surface area (Å²) in [5.74, 6) is -0.587. The molecule has 0 bridgehead atoms. The Morgan fingerprint density at radius 3 is 2.27 bits per heavy atom. The molecule has 0 spiro atoms. The van der Waals surface area contributed by atoms with Crippen LogP contribution < -0.4 is 0 Å². The highest BCUT2D eigenvalue weighted by Crippen LogP contribution is 2.27. The molecule has 0 saturated carbocycles. The van der Waals surface area contributed by atoms with Crippen molar-refractivity contribution >= 4 is 17.3 Å². The van der Waals surface area contributed by atoms with E-state index in [-0.39, 0.29) is 40.4 Å². The first-order valence-corrected chi connectivity index (χ1v) is 6.88. The van der Waals surface area contributed by atoms with Gasteiger partial charge in [-0.3, -0.25) is 19.7 Å². The molecule has 0 fully saturated rings. The summed E-state index contributed by atoms with van der Waals surface area (Å²) in [6.45, 7) is 3.17. The Morgan fingerprint density at radius 2 is 1.73 bits per heavy atom. The lowest BCUT2D eigenvalue weighted by molar-refractivity contribution is -0.385. The number of ketones is 2. The van der Waals surface area contributed by atoms with Gasteiger partial charge in [-0.1, -0.05) is 37.3 Å². The molecule has 0 amide bonds. The second kappa shape index (κ2) is 6.30. The minimum absolute atomic E-state index is 0.144. The fourth-order valence-electron chi connectivity index (χ4n) is 2.37. The van der Waals surface area contributed by atoms with Crippen LogP contribution in [0.3, 0.4) is 0 Å². The zero-order valence-electron chi connectivity index (χ0n) is 12.3. The van der Waals surface area contributed by atoms with Gasteiger partial charge in [0, 0.05) is 34.7 Å². The smallest absolute Gasteiger partial charge is 0.273 e. The van der Waals surface area contributed by atoms with Crippen LogP contribution in [0.4, 0.5) is 5.69 Å². The lowest BCUT2D eigenvalue weighted by atomic mass is 9.91. The van der Waals surface area contributed by atoms with Gasteiger partial charge in [0.05, 0.1) is 4.92 Å². The predicted molar refractivity (Wildman–Crippen MR) is 82.3 cm³/mol. The molecule has 0 heterocycles. The van der Waals surface area contributed by atoms with Crippen LogP contribution in [0.15, 0.2) is 42.5 Å². The van der Waals surface area contributed by atoms with Crippen LogP contribution in [0.2, 0.25) is 0 Å². The zero-order valence-corrected chi connectivity index (χ0v) is 12.3. The number of nitrogens with zero attached hydrogens (tertiary/aromatic N) is 1. The minimum Gasteiger partial charge on any atom is -0.294 e. The van der Waals surface area contributed by atoms with Gasteiger partial charge in [0.25, 0.3) is 5.69 Å². The van der Waals surface area contributed by atoms with E-state index in [1.165, 1.54) is 19.1 Å². The van der Waals surface area contributed by atoms with E-state index in [4.69, 9.17) is 0 Å². The van der Waals surface area contributed by atoms with Gasteiger partial charge >= 0.3 is 0 Å². The van der Waals surface area contributed by atoms with E-state index in [2.05, 4.69) is 0 Å². The normalized spacial score (nSPS) is 10.3. The van der Waals surface area contributed by atoms with Crippen LogP contribution in [0.5, 0.6) is 0 Å². The van der Waals surface area contributed by atoms with E-state index in [1.54, 1.807) is 37.3 Å². The number of nitro benzene ring substituents is 1. The SMILES string of the molecule is CCC(=O)c1c(C(=O)c2ccccc2)ccc([N+](=O)[O-])c1C. The van der Waals surface area contributed by atoms with Crippen molar-refractivity contribution in [1.29, 1.82) is 0 Å². The fourth-order valence-corrected chi connectivity index (χ4v) is 2.37. The summed E-state index contributed by atoms with van der Waals surface area (Å²) < 4.78 is 0. The quantitative estimate of drug-likeness (QED) is 0.478. The van der Waals surface area contributed by atoms with Crippen LogP contribution in [0.1, 0.15) is 45.2 Å². The Labute approximate surface area is 127 Å². The largest absolute Gasteiger partial charge is 0.294 e. The number of hydrogen-bond donors (Lipinski definition) is 0. The highest BCUT2D eigenvalue weighted by atomic mass is 16.6. The van der Waals surface area contributed by atoms with E-state index < -0.39 is 4.92 Å². The average Bonchev–Trinajstić information content (AvgIpc) is 2.53. The predicted octanol–water partition coefficient (Wildman–Crippen LogP) is 3.73. The topological polar surface area (TPSA) is 77.3 Å². The lowest BCUT2D eigenvalue weighted by Gasteiger charge is -2.11. The molecule has 2 aromatic carbocycles. The summed E-state index contributed by atoms with van der Waals surface area (Å²) in [7, 11) is 0.